The standard InChI is InChI=1S/C18H29NS/c1-3-13-19-18(14-20-17-7-5-6-8-17)16-11-9-15(4-2)10-12-16/h9-12,17-19H,3-8,13-14H2,1-2H3. The topological polar surface area (TPSA) is 12.0 Å². The van der Waals surface area contributed by atoms with Gasteiger partial charge in [-0.15, -0.1) is 0 Å². The van der Waals surface area contributed by atoms with Gasteiger partial charge >= 0.3 is 0 Å². The van der Waals surface area contributed by atoms with Gasteiger partial charge in [0, 0.05) is 17.0 Å². The lowest BCUT2D eigenvalue weighted by Gasteiger charge is -2.21. The number of rotatable bonds is 8. The van der Waals surface area contributed by atoms with E-state index in [1.54, 1.807) is 0 Å². The molecule has 0 spiro atoms. The summed E-state index contributed by atoms with van der Waals surface area (Å²) in [6, 6.07) is 9.74. The van der Waals surface area contributed by atoms with Crippen molar-refractivity contribution in [2.75, 3.05) is 12.3 Å². The molecular formula is C18H29NS. The van der Waals surface area contributed by atoms with Crippen molar-refractivity contribution in [2.45, 2.75) is 63.7 Å². The van der Waals surface area contributed by atoms with Gasteiger partial charge in [0.2, 0.25) is 0 Å². The third-order valence-electron chi connectivity index (χ3n) is 4.23. The molecule has 0 radical (unpaired) electrons. The molecule has 0 amide bonds. The van der Waals surface area contributed by atoms with E-state index >= 15 is 0 Å². The van der Waals surface area contributed by atoms with Crippen molar-refractivity contribution in [1.29, 1.82) is 0 Å². The first-order valence-electron chi connectivity index (χ1n) is 8.27. The molecule has 20 heavy (non-hydrogen) atoms. The van der Waals surface area contributed by atoms with Crippen molar-refractivity contribution >= 4 is 11.8 Å². The van der Waals surface area contributed by atoms with Crippen LogP contribution in [0.5, 0.6) is 0 Å². The summed E-state index contributed by atoms with van der Waals surface area (Å²) < 4.78 is 0. The van der Waals surface area contributed by atoms with E-state index < -0.39 is 0 Å². The van der Waals surface area contributed by atoms with Crippen LogP contribution in [0.1, 0.15) is 63.1 Å². The van der Waals surface area contributed by atoms with Crippen LogP contribution in [0.2, 0.25) is 0 Å². The van der Waals surface area contributed by atoms with Crippen LogP contribution in [-0.2, 0) is 6.42 Å². The van der Waals surface area contributed by atoms with Crippen molar-refractivity contribution in [2.24, 2.45) is 0 Å². The van der Waals surface area contributed by atoms with Gasteiger partial charge < -0.3 is 5.32 Å². The van der Waals surface area contributed by atoms with E-state index in [1.807, 2.05) is 0 Å². The molecule has 1 saturated carbocycles. The minimum atomic E-state index is 0.520. The predicted octanol–water partition coefficient (Wildman–Crippen LogP) is 4.97. The van der Waals surface area contributed by atoms with Crippen LogP contribution < -0.4 is 5.32 Å². The molecule has 1 N–H and O–H groups in total. The summed E-state index contributed by atoms with van der Waals surface area (Å²) in [5.74, 6) is 1.22. The summed E-state index contributed by atoms with van der Waals surface area (Å²) in [4.78, 5) is 0. The first-order valence-corrected chi connectivity index (χ1v) is 9.32. The van der Waals surface area contributed by atoms with E-state index in [1.165, 1.54) is 49.0 Å². The molecule has 1 atom stereocenters. The SMILES string of the molecule is CCCNC(CSC1CCCC1)c1ccc(CC)cc1. The van der Waals surface area contributed by atoms with Crippen molar-refractivity contribution < 1.29 is 0 Å². The van der Waals surface area contributed by atoms with Crippen molar-refractivity contribution in [3.8, 4) is 0 Å². The molecule has 2 heteroatoms. The third kappa shape index (κ3) is 4.82. The van der Waals surface area contributed by atoms with Crippen LogP contribution in [0, 0.1) is 0 Å². The summed E-state index contributed by atoms with van der Waals surface area (Å²) in [7, 11) is 0. The molecule has 1 aliphatic carbocycles. The van der Waals surface area contributed by atoms with E-state index in [2.05, 4.69) is 55.2 Å². The molecule has 1 nitrogen and oxygen atoms in total. The van der Waals surface area contributed by atoms with E-state index in [-0.39, 0.29) is 0 Å². The molecule has 1 fully saturated rings. The molecular weight excluding hydrogens is 262 g/mol. The summed E-state index contributed by atoms with van der Waals surface area (Å²) in [6.07, 6.45) is 8.08. The second kappa shape index (κ2) is 8.74. The van der Waals surface area contributed by atoms with Crippen LogP contribution in [0.3, 0.4) is 0 Å². The Morgan fingerprint density at radius 2 is 1.85 bits per heavy atom. The molecule has 1 aromatic rings. The minimum absolute atomic E-state index is 0.520. The zero-order valence-corrected chi connectivity index (χ0v) is 13.8. The number of hydrogen-bond donors (Lipinski definition) is 1. The van der Waals surface area contributed by atoms with Gasteiger partial charge in [0.05, 0.1) is 0 Å². The molecule has 0 bridgehead atoms. The fourth-order valence-corrected chi connectivity index (χ4v) is 4.31. The van der Waals surface area contributed by atoms with E-state index in [9.17, 15) is 0 Å². The number of hydrogen-bond acceptors (Lipinski definition) is 2. The zero-order chi connectivity index (χ0) is 14.2. The summed E-state index contributed by atoms with van der Waals surface area (Å²) in [5, 5.41) is 4.64. The summed E-state index contributed by atoms with van der Waals surface area (Å²) >= 11 is 2.18. The molecule has 112 valence electrons. The van der Waals surface area contributed by atoms with Crippen LogP contribution in [0.25, 0.3) is 0 Å². The molecule has 0 aliphatic heterocycles. The Balaban J connectivity index is 1.93. The van der Waals surface area contributed by atoms with Gasteiger partial charge in [-0.05, 0) is 43.4 Å². The highest BCUT2D eigenvalue weighted by atomic mass is 32.2. The van der Waals surface area contributed by atoms with Gasteiger partial charge in [-0.1, -0.05) is 51.0 Å². The highest BCUT2D eigenvalue weighted by molar-refractivity contribution is 7.99. The smallest absolute Gasteiger partial charge is 0.0411 e. The number of benzene rings is 1. The number of nitrogens with one attached hydrogen (secondary N) is 1. The largest absolute Gasteiger partial charge is 0.309 e. The Hall–Kier alpha value is -0.470. The second-order valence-electron chi connectivity index (χ2n) is 5.84. The maximum Gasteiger partial charge on any atom is 0.0411 e. The summed E-state index contributed by atoms with van der Waals surface area (Å²) in [5.41, 5.74) is 2.90. The Kier molecular flexibility index (Phi) is 6.95. The zero-order valence-electron chi connectivity index (χ0n) is 13.0. The molecule has 0 aromatic heterocycles. The average molecular weight is 292 g/mol. The van der Waals surface area contributed by atoms with Gasteiger partial charge in [-0.3, -0.25) is 0 Å². The lowest BCUT2D eigenvalue weighted by atomic mass is 10.0. The second-order valence-corrected chi connectivity index (χ2v) is 7.17. The highest BCUT2D eigenvalue weighted by Crippen LogP contribution is 2.32. The van der Waals surface area contributed by atoms with Gasteiger partial charge in [0.1, 0.15) is 0 Å². The maximum absolute atomic E-state index is 3.73. The Bertz CT molecular complexity index is 368. The number of thioether (sulfide) groups is 1. The highest BCUT2D eigenvalue weighted by Gasteiger charge is 2.18. The van der Waals surface area contributed by atoms with Crippen molar-refractivity contribution in [3.05, 3.63) is 35.4 Å². The van der Waals surface area contributed by atoms with Gasteiger partial charge in [0.15, 0.2) is 0 Å². The van der Waals surface area contributed by atoms with E-state index in [0.29, 0.717) is 6.04 Å². The quantitative estimate of drug-likeness (QED) is 0.726. The number of aryl methyl sites for hydroxylation is 1. The fraction of sp³-hybridized carbons (Fsp3) is 0.667. The average Bonchev–Trinajstić information content (AvgIpc) is 3.01. The first-order chi connectivity index (χ1) is 9.83. The van der Waals surface area contributed by atoms with E-state index in [4.69, 9.17) is 0 Å². The molecule has 1 aromatic carbocycles. The van der Waals surface area contributed by atoms with Crippen molar-refractivity contribution in [1.82, 2.24) is 5.32 Å². The van der Waals surface area contributed by atoms with E-state index in [0.717, 1.165) is 18.2 Å². The Morgan fingerprint density at radius 3 is 2.45 bits per heavy atom. The van der Waals surface area contributed by atoms with Crippen LogP contribution in [0.4, 0.5) is 0 Å². The molecule has 1 aliphatic rings. The molecule has 2 rings (SSSR count). The lowest BCUT2D eigenvalue weighted by molar-refractivity contribution is 0.576. The van der Waals surface area contributed by atoms with Crippen LogP contribution in [0.15, 0.2) is 24.3 Å². The Morgan fingerprint density at radius 1 is 1.15 bits per heavy atom. The normalized spacial score (nSPS) is 17.5. The maximum atomic E-state index is 3.73. The Labute approximate surface area is 128 Å². The van der Waals surface area contributed by atoms with Gasteiger partial charge in [0.25, 0.3) is 0 Å². The third-order valence-corrected chi connectivity index (χ3v) is 5.70. The molecule has 0 saturated heterocycles. The van der Waals surface area contributed by atoms with Crippen LogP contribution in [-0.4, -0.2) is 17.5 Å². The first kappa shape index (κ1) is 15.9. The van der Waals surface area contributed by atoms with Crippen molar-refractivity contribution in [3.63, 3.8) is 0 Å². The van der Waals surface area contributed by atoms with Crippen LogP contribution >= 0.6 is 11.8 Å². The minimum Gasteiger partial charge on any atom is -0.309 e. The lowest BCUT2D eigenvalue weighted by Crippen LogP contribution is -2.24. The fourth-order valence-electron chi connectivity index (χ4n) is 2.86. The van der Waals surface area contributed by atoms with Gasteiger partial charge in [-0.2, -0.15) is 11.8 Å². The molecule has 1 unspecified atom stereocenters. The monoisotopic (exact) mass is 291 g/mol. The summed E-state index contributed by atoms with van der Waals surface area (Å²) in [6.45, 7) is 5.58. The predicted molar refractivity (Wildman–Crippen MR) is 91.6 cm³/mol. The molecule has 0 heterocycles. The van der Waals surface area contributed by atoms with Gasteiger partial charge in [-0.25, -0.2) is 0 Å².